The summed E-state index contributed by atoms with van der Waals surface area (Å²) >= 11 is 2.87. The summed E-state index contributed by atoms with van der Waals surface area (Å²) in [5.74, 6) is -0.359. The summed E-state index contributed by atoms with van der Waals surface area (Å²) in [6.07, 6.45) is 0. The zero-order chi connectivity index (χ0) is 25.0. The molecule has 0 bridgehead atoms. The molecule has 0 amide bonds. The number of hydrogen-bond donors (Lipinski definition) is 0. The Bertz CT molecular complexity index is 1010. The van der Waals surface area contributed by atoms with Crippen molar-refractivity contribution in [2.24, 2.45) is 0 Å². The van der Waals surface area contributed by atoms with Crippen LogP contribution in [0.1, 0.15) is 6.92 Å². The topological polar surface area (TPSA) is 46.2 Å². The van der Waals surface area contributed by atoms with E-state index in [0.717, 1.165) is 0 Å². The average molecular weight is 508 g/mol. The number of esters is 1. The maximum Gasteiger partial charge on any atom is -0.0134 e. The molecule has 0 heterocycles. The van der Waals surface area contributed by atoms with Gasteiger partial charge in [0.25, 0.3) is 0 Å². The molecule has 0 N–H and O–H groups in total. The number of carbonyl (C=O) groups is 1. The second kappa shape index (κ2) is 18.3. The van der Waals surface area contributed by atoms with Crippen LogP contribution in [0.25, 0.3) is 0 Å². The monoisotopic (exact) mass is 508 g/mol. The van der Waals surface area contributed by atoms with E-state index >= 15 is 0 Å². The Morgan fingerprint density at radius 1 is 0.794 bits per heavy atom. The van der Waals surface area contributed by atoms with Crippen molar-refractivity contribution in [1.82, 2.24) is 0 Å². The first-order valence-corrected chi connectivity index (χ1v) is 12.2. The van der Waals surface area contributed by atoms with Crippen molar-refractivity contribution in [1.29, 1.82) is 0 Å². The minimum atomic E-state index is -0.446. The molecule has 0 aliphatic heterocycles. The van der Waals surface area contributed by atoms with Gasteiger partial charge in [-0.05, 0) is 23.8 Å². The minimum Gasteiger partial charge on any atom is -0.214 e. The van der Waals surface area contributed by atoms with Gasteiger partial charge in [-0.1, -0.05) is 91.0 Å². The maximum absolute atomic E-state index is 10.4. The van der Waals surface area contributed by atoms with E-state index in [4.69, 9.17) is 4.65 Å². The van der Waals surface area contributed by atoms with Crippen molar-refractivity contribution in [3.8, 4) is 0 Å². The molecule has 0 aromatic heterocycles. The van der Waals surface area contributed by atoms with Gasteiger partial charge in [-0.15, -0.1) is 0 Å². The van der Waals surface area contributed by atoms with Crippen molar-refractivity contribution >= 4 is 34.4 Å². The van der Waals surface area contributed by atoms with Gasteiger partial charge in [-0.2, -0.15) is 18.2 Å². The third-order valence-electron chi connectivity index (χ3n) is 4.23. The molecule has 34 heavy (non-hydrogen) atoms. The summed E-state index contributed by atoms with van der Waals surface area (Å²) < 4.78 is 14.3. The van der Waals surface area contributed by atoms with Gasteiger partial charge >= 0.3 is 66.6 Å². The first kappa shape index (κ1) is 28.9. The Morgan fingerprint density at radius 2 is 1.15 bits per heavy atom. The van der Waals surface area contributed by atoms with Crippen molar-refractivity contribution in [2.45, 2.75) is 6.92 Å². The van der Waals surface area contributed by atoms with Crippen LogP contribution in [0.15, 0.2) is 127 Å². The molecule has 0 aliphatic carbocycles. The van der Waals surface area contributed by atoms with Gasteiger partial charge in [-0.25, -0.2) is 12.1 Å². The Kier molecular flexibility index (Phi) is 15.5. The number of rotatable bonds is 4. The molecule has 0 saturated heterocycles. The molecule has 5 heteroatoms. The van der Waals surface area contributed by atoms with E-state index in [0.29, 0.717) is 5.57 Å². The molecule has 0 radical (unpaired) electrons. The molecule has 4 rings (SSSR count). The number of ether oxygens (including phenoxy) is 1. The van der Waals surface area contributed by atoms with E-state index in [2.05, 4.69) is 123 Å². The van der Waals surface area contributed by atoms with Gasteiger partial charge < -0.3 is 0 Å². The second-order valence-corrected chi connectivity index (χ2v) is 9.03. The van der Waals surface area contributed by atoms with Gasteiger partial charge in [0.15, 0.2) is 0 Å². The third-order valence-corrected chi connectivity index (χ3v) is 7.12. The van der Waals surface area contributed by atoms with Gasteiger partial charge in [0, 0.05) is 0 Å². The normalized spacial score (nSPS) is 8.85. The van der Waals surface area contributed by atoms with Crippen LogP contribution < -0.4 is 15.9 Å². The zero-order valence-electron chi connectivity index (χ0n) is 19.1. The number of hydrogen-bond acceptors (Lipinski definition) is 2. The molecule has 0 unspecified atom stereocenters. The summed E-state index contributed by atoms with van der Waals surface area (Å²) in [6, 6.07) is 42.3. The van der Waals surface area contributed by atoms with E-state index in [1.807, 2.05) is 30.3 Å². The van der Waals surface area contributed by atoms with E-state index in [9.17, 15) is 4.79 Å². The predicted molar refractivity (Wildman–Crippen MR) is 137 cm³/mol. The zero-order valence-corrected chi connectivity index (χ0v) is 21.2. The predicted octanol–water partition coefficient (Wildman–Crippen LogP) is 4.87. The van der Waals surface area contributed by atoms with Crippen molar-refractivity contribution < 1.29 is 29.8 Å². The molecule has 0 atom stereocenters. The summed E-state index contributed by atoms with van der Waals surface area (Å²) in [6.45, 7) is 6.11. The number of benzene rings is 3. The largest absolute Gasteiger partial charge is 0.214 e. The summed E-state index contributed by atoms with van der Waals surface area (Å²) in [4.78, 5) is 10.4. The van der Waals surface area contributed by atoms with Crippen molar-refractivity contribution in [3.63, 3.8) is 0 Å². The Hall–Kier alpha value is -3.18. The fourth-order valence-corrected chi connectivity index (χ4v) is 5.12. The first-order valence-electron chi connectivity index (χ1n) is 10.3. The maximum atomic E-state index is 10.4. The van der Waals surface area contributed by atoms with Crippen LogP contribution in [0.2, 0.25) is 0 Å². The Balaban J connectivity index is 0.000000318. The van der Waals surface area contributed by atoms with Crippen LogP contribution >= 0.6 is 7.92 Å². The van der Waals surface area contributed by atoms with Crippen LogP contribution in [-0.4, -0.2) is 17.7 Å². The Labute approximate surface area is 211 Å². The molecule has 0 saturated carbocycles. The smallest absolute Gasteiger partial charge is 0.0134 e. The average Bonchev–Trinajstić information content (AvgIpc) is 3.52. The first-order chi connectivity index (χ1) is 16.7. The SMILES string of the molecule is COC(=O)C(C)=[C]=[Mn].[C-]#[O+].c1cc[cH-]c1.c1ccc(P(c2ccccc2)c2ccccc2)cc1. The fourth-order valence-electron chi connectivity index (χ4n) is 2.69. The second-order valence-electron chi connectivity index (χ2n) is 6.52. The molecule has 0 fully saturated rings. The van der Waals surface area contributed by atoms with Crippen LogP contribution in [0.5, 0.6) is 0 Å². The van der Waals surface area contributed by atoms with Gasteiger partial charge in [0.05, 0.1) is 0 Å². The van der Waals surface area contributed by atoms with Crippen LogP contribution in [0.4, 0.5) is 0 Å². The van der Waals surface area contributed by atoms with Gasteiger partial charge in [-0.3, -0.25) is 0 Å². The van der Waals surface area contributed by atoms with Crippen LogP contribution in [0.3, 0.4) is 0 Å². The van der Waals surface area contributed by atoms with E-state index in [1.165, 1.54) is 23.0 Å². The number of methoxy groups -OCH3 is 1. The standard InChI is InChI=1S/C18H15P.C5H6O2.C5H5.CO.Mn/c1-4-10-16(11-5-1)19(17-12-6-2-7-13-17)18-14-8-3-9-15-18;1-4(2)5(6)7-3;1-2-4-5-3-1;1-2;/h1-15H;1,3H3;1-5H;;/q;;-1;;. The third kappa shape index (κ3) is 10.6. The van der Waals surface area contributed by atoms with Crippen molar-refractivity contribution in [3.05, 3.63) is 134 Å². The molecular formula is C29H26MnO3P-. The molecule has 4 aromatic rings. The quantitative estimate of drug-likeness (QED) is 0.0987. The molecule has 3 nitrogen and oxygen atoms in total. The minimum absolute atomic E-state index is 0.359. The van der Waals surface area contributed by atoms with Gasteiger partial charge in [0.1, 0.15) is 0 Å². The summed E-state index contributed by atoms with van der Waals surface area (Å²) in [5.41, 5.74) is 0.438. The summed E-state index contributed by atoms with van der Waals surface area (Å²) in [7, 11) is 0.884. The summed E-state index contributed by atoms with van der Waals surface area (Å²) in [5, 5.41) is 4.19. The Morgan fingerprint density at radius 3 is 1.35 bits per heavy atom. The van der Waals surface area contributed by atoms with E-state index in [-0.39, 0.29) is 5.97 Å². The van der Waals surface area contributed by atoms with Crippen LogP contribution in [0, 0.1) is 6.65 Å². The molecule has 4 aromatic carbocycles. The van der Waals surface area contributed by atoms with E-state index in [1.54, 1.807) is 6.92 Å². The molecule has 0 spiro atoms. The van der Waals surface area contributed by atoms with Crippen molar-refractivity contribution in [2.75, 3.05) is 7.11 Å². The molecule has 0 aliphatic rings. The van der Waals surface area contributed by atoms with Crippen LogP contribution in [-0.2, 0) is 29.8 Å². The number of carbonyl (C=O) groups excluding carboxylic acids is 1. The molecular weight excluding hydrogens is 482 g/mol. The van der Waals surface area contributed by atoms with E-state index < -0.39 is 7.92 Å². The van der Waals surface area contributed by atoms with Gasteiger partial charge in [0.2, 0.25) is 0 Å². The molecule has 173 valence electrons. The fraction of sp³-hybridized carbons (Fsp3) is 0.0690.